The first kappa shape index (κ1) is 10.7. The third kappa shape index (κ3) is 2.23. The average Bonchev–Trinajstić information content (AvgIpc) is 2.15. The van der Waals surface area contributed by atoms with Gasteiger partial charge < -0.3 is 5.73 Å². The molecule has 0 bridgehead atoms. The summed E-state index contributed by atoms with van der Waals surface area (Å²) in [5.41, 5.74) is 8.94. The molecule has 1 saturated carbocycles. The Morgan fingerprint density at radius 2 is 1.60 bits per heavy atom. The van der Waals surface area contributed by atoms with Gasteiger partial charge in [0.05, 0.1) is 0 Å². The molecule has 1 fully saturated rings. The summed E-state index contributed by atoms with van der Waals surface area (Å²) in [5.74, 6) is 1.34. The van der Waals surface area contributed by atoms with Gasteiger partial charge in [0.25, 0.3) is 0 Å². The monoisotopic (exact) mass is 203 g/mol. The van der Waals surface area contributed by atoms with E-state index in [1.165, 1.54) is 30.4 Å². The molecule has 0 spiro atoms. The molecule has 0 radical (unpaired) electrons. The normalized spacial score (nSPS) is 18.9. The highest BCUT2D eigenvalue weighted by molar-refractivity contribution is 5.27. The van der Waals surface area contributed by atoms with E-state index in [4.69, 9.17) is 5.73 Å². The lowest BCUT2D eigenvalue weighted by Crippen LogP contribution is -2.26. The molecule has 1 atom stereocenters. The van der Waals surface area contributed by atoms with Gasteiger partial charge in [-0.2, -0.15) is 0 Å². The number of benzene rings is 1. The summed E-state index contributed by atoms with van der Waals surface area (Å²) < 4.78 is 0. The number of nitrogens with two attached hydrogens (primary N) is 1. The van der Waals surface area contributed by atoms with Gasteiger partial charge in [0.2, 0.25) is 0 Å². The van der Waals surface area contributed by atoms with Crippen molar-refractivity contribution >= 4 is 0 Å². The van der Waals surface area contributed by atoms with Crippen molar-refractivity contribution in [3.05, 3.63) is 35.4 Å². The highest BCUT2D eigenvalue weighted by Crippen LogP contribution is 2.36. The van der Waals surface area contributed by atoms with Crippen LogP contribution in [0.1, 0.15) is 56.2 Å². The Morgan fingerprint density at radius 1 is 1.07 bits per heavy atom. The zero-order chi connectivity index (χ0) is 10.8. The summed E-state index contributed by atoms with van der Waals surface area (Å²) >= 11 is 0. The summed E-state index contributed by atoms with van der Waals surface area (Å²) in [7, 11) is 0. The quantitative estimate of drug-likeness (QED) is 0.798. The maximum atomic E-state index is 6.23. The number of hydrogen-bond acceptors (Lipinski definition) is 1. The lowest BCUT2D eigenvalue weighted by atomic mass is 9.77. The molecule has 82 valence electrons. The van der Waals surface area contributed by atoms with Crippen LogP contribution in [0, 0.1) is 5.92 Å². The molecule has 15 heavy (non-hydrogen) atoms. The Balaban J connectivity index is 2.08. The van der Waals surface area contributed by atoms with Gasteiger partial charge in [-0.15, -0.1) is 0 Å². The van der Waals surface area contributed by atoms with Crippen LogP contribution in [0.2, 0.25) is 0 Å². The van der Waals surface area contributed by atoms with Crippen LogP contribution in [0.5, 0.6) is 0 Å². The van der Waals surface area contributed by atoms with Crippen molar-refractivity contribution in [3.63, 3.8) is 0 Å². The maximum absolute atomic E-state index is 6.23. The molecule has 0 amide bonds. The van der Waals surface area contributed by atoms with Crippen LogP contribution < -0.4 is 5.73 Å². The van der Waals surface area contributed by atoms with E-state index in [2.05, 4.69) is 38.1 Å². The zero-order valence-corrected chi connectivity index (χ0v) is 9.74. The van der Waals surface area contributed by atoms with Gasteiger partial charge in [0.1, 0.15) is 0 Å². The van der Waals surface area contributed by atoms with E-state index in [-0.39, 0.29) is 6.04 Å². The van der Waals surface area contributed by atoms with Gasteiger partial charge in [0.15, 0.2) is 0 Å². The van der Waals surface area contributed by atoms with Crippen molar-refractivity contribution in [2.45, 2.75) is 45.1 Å². The molecule has 0 saturated heterocycles. The molecular formula is C14H21N. The van der Waals surface area contributed by atoms with Crippen LogP contribution in [0.15, 0.2) is 24.3 Å². The number of rotatable bonds is 3. The minimum absolute atomic E-state index is 0.264. The van der Waals surface area contributed by atoms with E-state index >= 15 is 0 Å². The van der Waals surface area contributed by atoms with Crippen molar-refractivity contribution in [3.8, 4) is 0 Å². The van der Waals surface area contributed by atoms with E-state index in [0.717, 1.165) is 5.92 Å². The fraction of sp³-hybridized carbons (Fsp3) is 0.571. The van der Waals surface area contributed by atoms with E-state index in [1.54, 1.807) is 0 Å². The Bertz CT molecular complexity index is 309. The first-order chi connectivity index (χ1) is 7.18. The van der Waals surface area contributed by atoms with Gasteiger partial charge in [0, 0.05) is 6.04 Å². The highest BCUT2D eigenvalue weighted by atomic mass is 14.7. The van der Waals surface area contributed by atoms with E-state index in [9.17, 15) is 0 Å². The summed E-state index contributed by atoms with van der Waals surface area (Å²) in [6, 6.07) is 9.12. The smallest absolute Gasteiger partial charge is 0.0323 e. The molecular weight excluding hydrogens is 182 g/mol. The van der Waals surface area contributed by atoms with E-state index < -0.39 is 0 Å². The summed E-state index contributed by atoms with van der Waals surface area (Å²) in [4.78, 5) is 0. The van der Waals surface area contributed by atoms with E-state index in [0.29, 0.717) is 5.92 Å². The fourth-order valence-corrected chi connectivity index (χ4v) is 2.17. The Hall–Kier alpha value is -0.820. The van der Waals surface area contributed by atoms with Crippen LogP contribution in [0.4, 0.5) is 0 Å². The molecule has 0 heterocycles. The number of hydrogen-bond donors (Lipinski definition) is 1. The second kappa shape index (κ2) is 4.36. The van der Waals surface area contributed by atoms with Crippen LogP contribution in [-0.4, -0.2) is 0 Å². The Labute approximate surface area is 92.7 Å². The lowest BCUT2D eigenvalue weighted by Gasteiger charge is -2.31. The summed E-state index contributed by atoms with van der Waals surface area (Å²) in [6.07, 6.45) is 3.99. The summed E-state index contributed by atoms with van der Waals surface area (Å²) in [6.45, 7) is 4.45. The first-order valence-electron chi connectivity index (χ1n) is 6.04. The molecule has 1 aliphatic rings. The maximum Gasteiger partial charge on any atom is 0.0323 e. The third-order valence-corrected chi connectivity index (χ3v) is 3.65. The molecule has 0 aliphatic heterocycles. The zero-order valence-electron chi connectivity index (χ0n) is 9.74. The lowest BCUT2D eigenvalue weighted by molar-refractivity contribution is 0.264. The Kier molecular flexibility index (Phi) is 3.11. The topological polar surface area (TPSA) is 26.0 Å². The predicted octanol–water partition coefficient (Wildman–Crippen LogP) is 3.61. The second-order valence-electron chi connectivity index (χ2n) is 5.04. The molecule has 1 heteroatoms. The molecule has 1 aliphatic carbocycles. The molecule has 2 rings (SSSR count). The summed E-state index contributed by atoms with van der Waals surface area (Å²) in [5, 5.41) is 0. The van der Waals surface area contributed by atoms with Crippen molar-refractivity contribution in [2.75, 3.05) is 0 Å². The van der Waals surface area contributed by atoms with Gasteiger partial charge in [-0.25, -0.2) is 0 Å². The second-order valence-corrected chi connectivity index (χ2v) is 5.04. The Morgan fingerprint density at radius 3 is 2.00 bits per heavy atom. The molecule has 0 unspecified atom stereocenters. The van der Waals surface area contributed by atoms with Crippen molar-refractivity contribution in [2.24, 2.45) is 11.7 Å². The van der Waals surface area contributed by atoms with Crippen LogP contribution in [0.25, 0.3) is 0 Å². The largest absolute Gasteiger partial charge is 0.324 e. The third-order valence-electron chi connectivity index (χ3n) is 3.65. The predicted molar refractivity (Wildman–Crippen MR) is 64.8 cm³/mol. The minimum Gasteiger partial charge on any atom is -0.324 e. The average molecular weight is 203 g/mol. The highest BCUT2D eigenvalue weighted by Gasteiger charge is 2.25. The van der Waals surface area contributed by atoms with Gasteiger partial charge >= 0.3 is 0 Å². The molecule has 2 N–H and O–H groups in total. The van der Waals surface area contributed by atoms with Crippen molar-refractivity contribution in [1.29, 1.82) is 0 Å². The van der Waals surface area contributed by atoms with Crippen LogP contribution in [-0.2, 0) is 0 Å². The van der Waals surface area contributed by atoms with Crippen LogP contribution >= 0.6 is 0 Å². The van der Waals surface area contributed by atoms with Crippen LogP contribution in [0.3, 0.4) is 0 Å². The molecule has 1 nitrogen and oxygen atoms in total. The minimum atomic E-state index is 0.264. The van der Waals surface area contributed by atoms with Crippen molar-refractivity contribution < 1.29 is 0 Å². The SMILES string of the molecule is CC(C)c1ccc([C@@H](N)C2CCC2)cc1. The van der Waals surface area contributed by atoms with Gasteiger partial charge in [-0.3, -0.25) is 0 Å². The molecule has 0 aromatic heterocycles. The standard InChI is InChI=1S/C14H21N/c1-10(2)11-6-8-13(9-7-11)14(15)12-4-3-5-12/h6-10,12,14H,3-5,15H2,1-2H3/t14-/m0/s1. The molecule has 1 aromatic rings. The van der Waals surface area contributed by atoms with E-state index in [1.807, 2.05) is 0 Å². The molecule has 1 aromatic carbocycles. The fourth-order valence-electron chi connectivity index (χ4n) is 2.17. The first-order valence-corrected chi connectivity index (χ1v) is 6.04. The van der Waals surface area contributed by atoms with Gasteiger partial charge in [-0.1, -0.05) is 44.5 Å². The van der Waals surface area contributed by atoms with Gasteiger partial charge in [-0.05, 0) is 35.8 Å². The van der Waals surface area contributed by atoms with Crippen molar-refractivity contribution in [1.82, 2.24) is 0 Å².